The minimum atomic E-state index is -0.604. The van der Waals surface area contributed by atoms with Crippen molar-refractivity contribution < 1.29 is 0 Å². The van der Waals surface area contributed by atoms with Gasteiger partial charge in [-0.3, -0.25) is 0 Å². The summed E-state index contributed by atoms with van der Waals surface area (Å²) in [6.07, 6.45) is 8.46. The molecule has 11 rings (SSSR count). The molecule has 0 spiro atoms. The van der Waals surface area contributed by atoms with E-state index < -0.39 is 5.41 Å². The van der Waals surface area contributed by atoms with Gasteiger partial charge in [0.15, 0.2) is 0 Å². The van der Waals surface area contributed by atoms with Gasteiger partial charge in [-0.15, -0.1) is 0 Å². The molecule has 0 bridgehead atoms. The van der Waals surface area contributed by atoms with Crippen molar-refractivity contribution in [1.82, 2.24) is 0 Å². The summed E-state index contributed by atoms with van der Waals surface area (Å²) in [5.74, 6) is 0. The van der Waals surface area contributed by atoms with E-state index in [0.29, 0.717) is 0 Å². The average Bonchev–Trinajstić information content (AvgIpc) is 3.77. The molecule has 0 amide bonds. The van der Waals surface area contributed by atoms with Gasteiger partial charge in [-0.25, -0.2) is 0 Å². The zero-order valence-electron chi connectivity index (χ0n) is 36.6. The van der Waals surface area contributed by atoms with Crippen LogP contribution in [-0.2, 0) is 10.8 Å². The highest BCUT2D eigenvalue weighted by atomic mass is 15.1. The van der Waals surface area contributed by atoms with Gasteiger partial charge in [-0.2, -0.15) is 0 Å². The van der Waals surface area contributed by atoms with Crippen LogP contribution in [0.2, 0.25) is 0 Å². The van der Waals surface area contributed by atoms with Crippen molar-refractivity contribution >= 4 is 27.8 Å². The lowest BCUT2D eigenvalue weighted by molar-refractivity contribution is 0.660. The molecule has 64 heavy (non-hydrogen) atoms. The van der Waals surface area contributed by atoms with Crippen molar-refractivity contribution in [2.45, 2.75) is 31.6 Å². The number of benzene rings is 9. The molecular weight excluding hydrogens is 771 g/mol. The number of fused-ring (bicyclic) bond motifs is 7. The lowest BCUT2D eigenvalue weighted by atomic mass is 9.67. The Kier molecular flexibility index (Phi) is 9.51. The SMILES string of the molecule is C=C(/C=C\C=C/C)C1(c2ccccc2)c2ccccc2-c2ccc(N(c3ccc(-c4ccccc4)cc3)c3ccc4c(c3)C(C)(C)c3cc(-c5cccc6ccccc56)ccc3-4)cc21. The van der Waals surface area contributed by atoms with Gasteiger partial charge in [-0.05, 0) is 138 Å². The summed E-state index contributed by atoms with van der Waals surface area (Å²) in [5.41, 5.74) is 19.9. The fourth-order valence-electron chi connectivity index (χ4n) is 10.7. The van der Waals surface area contributed by atoms with Crippen LogP contribution in [0.1, 0.15) is 48.6 Å². The number of hydrogen-bond donors (Lipinski definition) is 0. The maximum Gasteiger partial charge on any atom is 0.0708 e. The molecule has 0 aliphatic heterocycles. The molecule has 9 aromatic carbocycles. The highest BCUT2D eigenvalue weighted by molar-refractivity contribution is 5.98. The molecule has 1 heteroatoms. The quantitative estimate of drug-likeness (QED) is 0.131. The second-order valence-corrected chi connectivity index (χ2v) is 17.7. The van der Waals surface area contributed by atoms with Crippen molar-refractivity contribution in [3.05, 3.63) is 271 Å². The third-order valence-corrected chi connectivity index (χ3v) is 13.8. The molecule has 1 nitrogen and oxygen atoms in total. The Bertz CT molecular complexity index is 3310. The van der Waals surface area contributed by atoms with Gasteiger partial charge >= 0.3 is 0 Å². The fraction of sp³-hybridized carbons (Fsp3) is 0.0794. The zero-order chi connectivity index (χ0) is 43.4. The summed E-state index contributed by atoms with van der Waals surface area (Å²) in [6, 6.07) is 76.2. The number of nitrogens with zero attached hydrogens (tertiary/aromatic N) is 1. The van der Waals surface area contributed by atoms with Crippen LogP contribution >= 0.6 is 0 Å². The largest absolute Gasteiger partial charge is 0.310 e. The van der Waals surface area contributed by atoms with Gasteiger partial charge in [0.1, 0.15) is 0 Å². The van der Waals surface area contributed by atoms with E-state index in [4.69, 9.17) is 6.58 Å². The lowest BCUT2D eigenvalue weighted by Crippen LogP contribution is -2.28. The van der Waals surface area contributed by atoms with Crippen LogP contribution in [-0.4, -0.2) is 0 Å². The molecule has 0 aromatic heterocycles. The van der Waals surface area contributed by atoms with Crippen LogP contribution in [0.3, 0.4) is 0 Å². The van der Waals surface area contributed by atoms with Crippen LogP contribution in [0.15, 0.2) is 243 Å². The fourth-order valence-corrected chi connectivity index (χ4v) is 10.7. The van der Waals surface area contributed by atoms with E-state index in [1.807, 2.05) is 0 Å². The van der Waals surface area contributed by atoms with Crippen LogP contribution in [0.4, 0.5) is 17.1 Å². The zero-order valence-corrected chi connectivity index (χ0v) is 36.6. The molecule has 0 N–H and O–H groups in total. The Morgan fingerprint density at radius 3 is 1.72 bits per heavy atom. The second kappa shape index (κ2) is 15.6. The van der Waals surface area contributed by atoms with Gasteiger partial charge in [0.2, 0.25) is 0 Å². The van der Waals surface area contributed by atoms with E-state index in [-0.39, 0.29) is 5.41 Å². The van der Waals surface area contributed by atoms with E-state index >= 15 is 0 Å². The Hall–Kier alpha value is -7.74. The molecule has 0 radical (unpaired) electrons. The maximum absolute atomic E-state index is 4.87. The van der Waals surface area contributed by atoms with E-state index in [1.54, 1.807) is 0 Å². The third kappa shape index (κ3) is 6.15. The molecular formula is C63H49N. The molecule has 2 aliphatic rings. The normalized spacial score (nSPS) is 15.5. The second-order valence-electron chi connectivity index (χ2n) is 17.7. The van der Waals surface area contributed by atoms with Gasteiger partial charge < -0.3 is 4.90 Å². The predicted molar refractivity (Wildman–Crippen MR) is 272 cm³/mol. The van der Waals surface area contributed by atoms with E-state index in [1.165, 1.54) is 83.1 Å². The standard InChI is InChI=1S/C63H49N/c1-5-6-9-19-43(2)63(48-24-12-8-13-25-48)58-29-17-16-27-54(58)57-39-36-51(42-61(57)63)64(49-33-30-45(31-34-49)44-20-10-7-11-21-44)50-35-38-56-55-37-32-47(40-59(55)62(3,4)60(56)41-50)53-28-18-23-46-22-14-15-26-52(46)53/h5-42H,2H2,1,3-4H3/b6-5-,19-9-. The maximum atomic E-state index is 4.87. The predicted octanol–water partition coefficient (Wildman–Crippen LogP) is 17.0. The minimum absolute atomic E-state index is 0.233. The Morgan fingerprint density at radius 2 is 0.969 bits per heavy atom. The average molecular weight is 820 g/mol. The summed E-state index contributed by atoms with van der Waals surface area (Å²) >= 11 is 0. The molecule has 0 fully saturated rings. The van der Waals surface area contributed by atoms with Crippen molar-refractivity contribution in [3.63, 3.8) is 0 Å². The van der Waals surface area contributed by atoms with Crippen LogP contribution in [0.5, 0.6) is 0 Å². The number of rotatable bonds is 9. The molecule has 0 heterocycles. The first-order chi connectivity index (χ1) is 31.4. The number of anilines is 3. The number of allylic oxidation sites excluding steroid dienone is 5. The monoisotopic (exact) mass is 819 g/mol. The summed E-state index contributed by atoms with van der Waals surface area (Å²) < 4.78 is 0. The summed E-state index contributed by atoms with van der Waals surface area (Å²) in [7, 11) is 0. The van der Waals surface area contributed by atoms with Crippen molar-refractivity contribution in [2.75, 3.05) is 4.90 Å². The highest BCUT2D eigenvalue weighted by Crippen LogP contribution is 2.58. The minimum Gasteiger partial charge on any atom is -0.310 e. The Morgan fingerprint density at radius 1 is 0.438 bits per heavy atom. The lowest BCUT2D eigenvalue weighted by Gasteiger charge is -2.35. The first kappa shape index (κ1) is 39.1. The van der Waals surface area contributed by atoms with Crippen LogP contribution in [0, 0.1) is 0 Å². The first-order valence-corrected chi connectivity index (χ1v) is 22.4. The molecule has 306 valence electrons. The summed E-state index contributed by atoms with van der Waals surface area (Å²) in [6.45, 7) is 11.7. The van der Waals surface area contributed by atoms with E-state index in [2.05, 4.69) is 256 Å². The Labute approximate surface area is 377 Å². The smallest absolute Gasteiger partial charge is 0.0708 e. The van der Waals surface area contributed by atoms with Gasteiger partial charge in [-0.1, -0.05) is 209 Å². The summed E-state index contributed by atoms with van der Waals surface area (Å²) in [4.78, 5) is 2.45. The molecule has 0 saturated carbocycles. The molecule has 0 saturated heterocycles. The molecule has 1 atom stereocenters. The van der Waals surface area contributed by atoms with E-state index in [0.717, 1.165) is 22.6 Å². The third-order valence-electron chi connectivity index (χ3n) is 13.8. The van der Waals surface area contributed by atoms with Gasteiger partial charge in [0.05, 0.1) is 5.41 Å². The topological polar surface area (TPSA) is 3.24 Å². The molecule has 1 unspecified atom stereocenters. The highest BCUT2D eigenvalue weighted by Gasteiger charge is 2.46. The molecule has 2 aliphatic carbocycles. The Balaban J connectivity index is 1.09. The van der Waals surface area contributed by atoms with Crippen LogP contribution < -0.4 is 4.90 Å². The molecule has 9 aromatic rings. The van der Waals surface area contributed by atoms with Crippen molar-refractivity contribution in [3.8, 4) is 44.5 Å². The number of hydrogen-bond acceptors (Lipinski definition) is 1. The van der Waals surface area contributed by atoms with Crippen molar-refractivity contribution in [1.29, 1.82) is 0 Å². The van der Waals surface area contributed by atoms with Gasteiger partial charge in [0.25, 0.3) is 0 Å². The van der Waals surface area contributed by atoms with Crippen LogP contribution in [0.25, 0.3) is 55.3 Å². The van der Waals surface area contributed by atoms with Gasteiger partial charge in [0, 0.05) is 22.5 Å². The van der Waals surface area contributed by atoms with Crippen molar-refractivity contribution in [2.24, 2.45) is 0 Å². The first-order valence-electron chi connectivity index (χ1n) is 22.4. The van der Waals surface area contributed by atoms with E-state index in [9.17, 15) is 0 Å². The summed E-state index contributed by atoms with van der Waals surface area (Å²) in [5, 5.41) is 2.54.